The largest absolute Gasteiger partial charge is 0.299 e. The Bertz CT molecular complexity index is 396. The normalized spacial score (nSPS) is 33.7. The Morgan fingerprint density at radius 3 is 2.21 bits per heavy atom. The second-order valence-corrected chi connectivity index (χ2v) is 8.53. The van der Waals surface area contributed by atoms with E-state index >= 15 is 0 Å². The molecule has 0 spiro atoms. The van der Waals surface area contributed by atoms with Crippen molar-refractivity contribution in [2.45, 2.75) is 51.0 Å². The minimum atomic E-state index is -3.01. The van der Waals surface area contributed by atoms with Gasteiger partial charge in [-0.15, -0.1) is 0 Å². The first-order valence-electron chi connectivity index (χ1n) is 7.87. The summed E-state index contributed by atoms with van der Waals surface area (Å²) in [5, 5.41) is 0. The molecule has 0 aromatic rings. The van der Waals surface area contributed by atoms with Crippen LogP contribution >= 0.6 is 0 Å². The smallest absolute Gasteiger partial charge is 0.215 e. The molecule has 3 heterocycles. The van der Waals surface area contributed by atoms with E-state index in [0.29, 0.717) is 11.8 Å². The second-order valence-electron chi connectivity index (χ2n) is 6.45. The van der Waals surface area contributed by atoms with Crippen LogP contribution in [0.25, 0.3) is 0 Å². The maximum atomic E-state index is 12.3. The number of rotatable bonds is 4. The highest BCUT2D eigenvalue weighted by Gasteiger charge is 2.34. The Balaban J connectivity index is 1.53. The van der Waals surface area contributed by atoms with Gasteiger partial charge in [-0.3, -0.25) is 4.90 Å². The number of nitrogens with zero attached hydrogens (tertiary/aromatic N) is 2. The van der Waals surface area contributed by atoms with Crippen LogP contribution in [0.2, 0.25) is 0 Å². The van der Waals surface area contributed by atoms with Gasteiger partial charge in [-0.2, -0.15) is 0 Å². The van der Waals surface area contributed by atoms with E-state index in [-0.39, 0.29) is 0 Å². The van der Waals surface area contributed by atoms with Gasteiger partial charge in [0.2, 0.25) is 10.0 Å². The third-order valence-corrected chi connectivity index (χ3v) is 7.02. The van der Waals surface area contributed by atoms with Crippen LogP contribution in [0.15, 0.2) is 0 Å². The van der Waals surface area contributed by atoms with Gasteiger partial charge in [-0.1, -0.05) is 6.42 Å². The lowest BCUT2D eigenvalue weighted by molar-refractivity contribution is 0.0543. The van der Waals surface area contributed by atoms with Crippen LogP contribution in [0.5, 0.6) is 0 Å². The predicted molar refractivity (Wildman–Crippen MR) is 76.5 cm³/mol. The summed E-state index contributed by atoms with van der Waals surface area (Å²) < 4.78 is 26.4. The van der Waals surface area contributed by atoms with Crippen LogP contribution in [0.1, 0.15) is 44.9 Å². The van der Waals surface area contributed by atoms with Crippen molar-refractivity contribution in [3.63, 3.8) is 0 Å². The topological polar surface area (TPSA) is 40.6 Å². The van der Waals surface area contributed by atoms with Crippen LogP contribution in [-0.4, -0.2) is 55.6 Å². The number of hydrogen-bond donors (Lipinski definition) is 0. The monoisotopic (exact) mass is 286 g/mol. The second kappa shape index (κ2) is 5.70. The van der Waals surface area contributed by atoms with E-state index in [1.807, 2.05) is 0 Å². The minimum absolute atomic E-state index is 0.330. The van der Waals surface area contributed by atoms with Crippen LogP contribution in [0, 0.1) is 5.92 Å². The molecule has 110 valence electrons. The summed E-state index contributed by atoms with van der Waals surface area (Å²) in [7, 11) is -3.01. The summed E-state index contributed by atoms with van der Waals surface area (Å²) in [5.74, 6) is 1.17. The molecule has 0 aromatic carbocycles. The highest BCUT2D eigenvalue weighted by molar-refractivity contribution is 7.89. The first-order chi connectivity index (χ1) is 9.15. The molecule has 4 nitrogen and oxygen atoms in total. The zero-order valence-electron chi connectivity index (χ0n) is 11.8. The van der Waals surface area contributed by atoms with Crippen molar-refractivity contribution >= 4 is 10.0 Å². The van der Waals surface area contributed by atoms with E-state index in [0.717, 1.165) is 44.9 Å². The highest BCUT2D eigenvalue weighted by Crippen LogP contribution is 2.34. The molecule has 0 unspecified atom stereocenters. The molecule has 3 saturated heterocycles. The molecular formula is C14H26N2O2S. The van der Waals surface area contributed by atoms with Gasteiger partial charge in [0.1, 0.15) is 0 Å². The number of piperidine rings is 3. The number of sulfonamides is 1. The van der Waals surface area contributed by atoms with Crippen molar-refractivity contribution in [3.8, 4) is 0 Å². The molecule has 1 aliphatic carbocycles. The Labute approximate surface area is 117 Å². The first-order valence-corrected chi connectivity index (χ1v) is 9.48. The van der Waals surface area contributed by atoms with Crippen molar-refractivity contribution in [2.24, 2.45) is 5.92 Å². The Morgan fingerprint density at radius 1 is 0.947 bits per heavy atom. The van der Waals surface area contributed by atoms with Gasteiger partial charge >= 0.3 is 0 Å². The summed E-state index contributed by atoms with van der Waals surface area (Å²) in [5.41, 5.74) is 0. The lowest BCUT2D eigenvalue weighted by Gasteiger charge is -2.45. The predicted octanol–water partition coefficient (Wildman–Crippen LogP) is 1.68. The van der Waals surface area contributed by atoms with E-state index in [4.69, 9.17) is 0 Å². The third-order valence-electron chi connectivity index (χ3n) is 5.17. The van der Waals surface area contributed by atoms with Crippen molar-refractivity contribution < 1.29 is 8.42 Å². The average molecular weight is 286 g/mol. The molecule has 2 bridgehead atoms. The fourth-order valence-electron chi connectivity index (χ4n) is 3.95. The lowest BCUT2D eigenvalue weighted by Crippen LogP contribution is -2.50. The molecule has 0 radical (unpaired) electrons. The summed E-state index contributed by atoms with van der Waals surface area (Å²) in [4.78, 5) is 2.44. The third kappa shape index (κ3) is 3.14. The summed E-state index contributed by atoms with van der Waals surface area (Å²) in [6.07, 6.45) is 8.55. The SMILES string of the molecule is O=S(=O)(CCN1CC2CCC1CC2)N1CCCCC1. The molecule has 19 heavy (non-hydrogen) atoms. The van der Waals surface area contributed by atoms with Gasteiger partial charge in [-0.25, -0.2) is 12.7 Å². The fraction of sp³-hybridized carbons (Fsp3) is 1.00. The van der Waals surface area contributed by atoms with E-state index in [9.17, 15) is 8.42 Å². The first kappa shape index (κ1) is 13.8. The zero-order chi connectivity index (χ0) is 13.3. The quantitative estimate of drug-likeness (QED) is 0.789. The van der Waals surface area contributed by atoms with E-state index in [1.54, 1.807) is 4.31 Å². The molecule has 3 aliphatic heterocycles. The van der Waals surface area contributed by atoms with Crippen molar-refractivity contribution in [1.82, 2.24) is 9.21 Å². The van der Waals surface area contributed by atoms with E-state index in [2.05, 4.69) is 4.90 Å². The van der Waals surface area contributed by atoms with Crippen molar-refractivity contribution in [3.05, 3.63) is 0 Å². The fourth-order valence-corrected chi connectivity index (χ4v) is 5.49. The molecular weight excluding hydrogens is 260 g/mol. The van der Waals surface area contributed by atoms with Gasteiger partial charge in [0.15, 0.2) is 0 Å². The van der Waals surface area contributed by atoms with Gasteiger partial charge in [0.05, 0.1) is 5.75 Å². The van der Waals surface area contributed by atoms with Crippen LogP contribution in [0.3, 0.4) is 0 Å². The molecule has 4 rings (SSSR count). The minimum Gasteiger partial charge on any atom is -0.299 e. The molecule has 0 N–H and O–H groups in total. The van der Waals surface area contributed by atoms with Gasteiger partial charge in [-0.05, 0) is 44.4 Å². The molecule has 4 aliphatic rings. The Hall–Kier alpha value is -0.130. The van der Waals surface area contributed by atoms with Crippen LogP contribution < -0.4 is 0 Å². The highest BCUT2D eigenvalue weighted by atomic mass is 32.2. The van der Waals surface area contributed by atoms with Gasteiger partial charge in [0.25, 0.3) is 0 Å². The van der Waals surface area contributed by atoms with Gasteiger partial charge < -0.3 is 0 Å². The van der Waals surface area contributed by atoms with Crippen LogP contribution in [0.4, 0.5) is 0 Å². The molecule has 5 heteroatoms. The van der Waals surface area contributed by atoms with E-state index in [1.165, 1.54) is 32.1 Å². The maximum Gasteiger partial charge on any atom is 0.215 e. The molecule has 4 fully saturated rings. The summed E-state index contributed by atoms with van der Waals surface area (Å²) >= 11 is 0. The molecule has 0 amide bonds. The number of hydrogen-bond acceptors (Lipinski definition) is 3. The average Bonchev–Trinajstić information content (AvgIpc) is 2.47. The van der Waals surface area contributed by atoms with Crippen molar-refractivity contribution in [1.29, 1.82) is 0 Å². The maximum absolute atomic E-state index is 12.3. The summed E-state index contributed by atoms with van der Waals surface area (Å²) in [6, 6.07) is 0.668. The summed E-state index contributed by atoms with van der Waals surface area (Å²) in [6.45, 7) is 3.38. The van der Waals surface area contributed by atoms with Gasteiger partial charge in [0, 0.05) is 32.2 Å². The molecule has 0 aromatic heterocycles. The molecule has 1 saturated carbocycles. The van der Waals surface area contributed by atoms with E-state index < -0.39 is 10.0 Å². The number of fused-ring (bicyclic) bond motifs is 3. The molecule has 0 atom stereocenters. The standard InChI is InChI=1S/C14H26N2O2S/c17-19(18,16-8-2-1-3-9-16)11-10-15-12-13-4-6-14(15)7-5-13/h13-14H,1-12H2. The Kier molecular flexibility index (Phi) is 4.15. The zero-order valence-corrected chi connectivity index (χ0v) is 12.6. The Morgan fingerprint density at radius 2 is 1.63 bits per heavy atom. The van der Waals surface area contributed by atoms with Crippen molar-refractivity contribution in [2.75, 3.05) is 31.9 Å². The van der Waals surface area contributed by atoms with Crippen LogP contribution in [-0.2, 0) is 10.0 Å². The lowest BCUT2D eigenvalue weighted by atomic mass is 9.80.